The molecule has 0 radical (unpaired) electrons. The van der Waals surface area contributed by atoms with Gasteiger partial charge in [-0.1, -0.05) is 23.2 Å². The van der Waals surface area contributed by atoms with E-state index >= 15 is 0 Å². The van der Waals surface area contributed by atoms with E-state index in [4.69, 9.17) is 23.2 Å². The van der Waals surface area contributed by atoms with Gasteiger partial charge in [-0.25, -0.2) is 0 Å². The zero-order valence-corrected chi connectivity index (χ0v) is 9.86. The monoisotopic (exact) mass is 241 g/mol. The second kappa shape index (κ2) is 3.54. The van der Waals surface area contributed by atoms with Crippen molar-refractivity contribution in [2.75, 3.05) is 0 Å². The summed E-state index contributed by atoms with van der Waals surface area (Å²) in [5.41, 5.74) is 1.51. The number of aromatic nitrogens is 1. The predicted molar refractivity (Wildman–Crippen MR) is 62.9 cm³/mol. The van der Waals surface area contributed by atoms with Gasteiger partial charge in [0.2, 0.25) is 0 Å². The fourth-order valence-corrected chi connectivity index (χ4v) is 2.23. The molecule has 1 aromatic carbocycles. The maximum absolute atomic E-state index is 11.3. The molecule has 78 valence electrons. The van der Waals surface area contributed by atoms with Gasteiger partial charge in [0, 0.05) is 24.4 Å². The number of fused-ring (bicyclic) bond motifs is 1. The fourth-order valence-electron chi connectivity index (χ4n) is 1.69. The van der Waals surface area contributed by atoms with E-state index in [0.717, 1.165) is 10.9 Å². The number of aryl methyl sites for hydroxylation is 1. The molecular weight excluding hydrogens is 233 g/mol. The number of hydrogen-bond acceptors (Lipinski definition) is 1. The van der Waals surface area contributed by atoms with E-state index in [9.17, 15) is 4.79 Å². The first-order valence-corrected chi connectivity index (χ1v) is 5.21. The van der Waals surface area contributed by atoms with Crippen LogP contribution in [0.5, 0.6) is 0 Å². The average Bonchev–Trinajstić information content (AvgIpc) is 2.44. The number of benzene rings is 1. The number of nitrogens with zero attached hydrogens (tertiary/aromatic N) is 1. The molecule has 0 unspecified atom stereocenters. The first-order valence-electron chi connectivity index (χ1n) is 4.46. The van der Waals surface area contributed by atoms with Crippen molar-refractivity contribution in [3.63, 3.8) is 0 Å². The van der Waals surface area contributed by atoms with Gasteiger partial charge in [-0.3, -0.25) is 4.79 Å². The van der Waals surface area contributed by atoms with Crippen LogP contribution in [0, 0.1) is 0 Å². The Morgan fingerprint density at radius 2 is 1.93 bits per heavy atom. The molecule has 0 aliphatic carbocycles. The van der Waals surface area contributed by atoms with Crippen molar-refractivity contribution in [1.82, 2.24) is 4.57 Å². The van der Waals surface area contributed by atoms with E-state index in [1.54, 1.807) is 22.8 Å². The highest BCUT2D eigenvalue weighted by Gasteiger charge is 2.12. The smallest absolute Gasteiger partial charge is 0.176 e. The summed E-state index contributed by atoms with van der Waals surface area (Å²) in [5.74, 6) is 0.0147. The van der Waals surface area contributed by atoms with E-state index in [1.807, 2.05) is 7.05 Å². The second-order valence-corrected chi connectivity index (χ2v) is 4.31. The van der Waals surface area contributed by atoms with Gasteiger partial charge < -0.3 is 4.57 Å². The van der Waals surface area contributed by atoms with Gasteiger partial charge >= 0.3 is 0 Å². The molecule has 0 aliphatic rings. The van der Waals surface area contributed by atoms with Gasteiger partial charge in [-0.05, 0) is 18.2 Å². The molecule has 0 amide bonds. The molecule has 0 fully saturated rings. The van der Waals surface area contributed by atoms with Crippen LogP contribution < -0.4 is 0 Å². The van der Waals surface area contributed by atoms with Crippen LogP contribution in [0.1, 0.15) is 17.4 Å². The standard InChI is InChI=1S/C11H9Cl2NO/c1-6(15)10-5-8-9(13)3-7(12)4-11(8)14(10)2/h3-5H,1-2H3. The van der Waals surface area contributed by atoms with Gasteiger partial charge in [0.05, 0.1) is 16.2 Å². The molecule has 0 saturated carbocycles. The topological polar surface area (TPSA) is 22.0 Å². The van der Waals surface area contributed by atoms with Crippen molar-refractivity contribution in [3.8, 4) is 0 Å². The maximum atomic E-state index is 11.3. The van der Waals surface area contributed by atoms with E-state index < -0.39 is 0 Å². The minimum Gasteiger partial charge on any atom is -0.341 e. The minimum atomic E-state index is 0.0147. The Hall–Kier alpha value is -0.990. The molecule has 0 aliphatic heterocycles. The highest BCUT2D eigenvalue weighted by atomic mass is 35.5. The lowest BCUT2D eigenvalue weighted by Crippen LogP contribution is -2.00. The largest absolute Gasteiger partial charge is 0.341 e. The van der Waals surface area contributed by atoms with Gasteiger partial charge in [0.1, 0.15) is 0 Å². The molecule has 2 rings (SSSR count). The Kier molecular flexibility index (Phi) is 2.49. The second-order valence-electron chi connectivity index (χ2n) is 3.47. The fraction of sp³-hybridized carbons (Fsp3) is 0.182. The summed E-state index contributed by atoms with van der Waals surface area (Å²) < 4.78 is 1.80. The third-order valence-electron chi connectivity index (χ3n) is 2.44. The summed E-state index contributed by atoms with van der Waals surface area (Å²) in [7, 11) is 1.83. The lowest BCUT2D eigenvalue weighted by Gasteiger charge is -2.01. The van der Waals surface area contributed by atoms with Crippen LogP contribution in [-0.4, -0.2) is 10.4 Å². The molecule has 2 aromatic rings. The van der Waals surface area contributed by atoms with Crippen LogP contribution in [0.2, 0.25) is 10.0 Å². The van der Waals surface area contributed by atoms with Crippen molar-refractivity contribution in [2.45, 2.75) is 6.92 Å². The summed E-state index contributed by atoms with van der Waals surface area (Å²) >= 11 is 11.9. The Labute approximate surface area is 97.4 Å². The Balaban J connectivity index is 2.88. The molecule has 0 spiro atoms. The van der Waals surface area contributed by atoms with Crippen LogP contribution in [-0.2, 0) is 7.05 Å². The van der Waals surface area contributed by atoms with E-state index in [0.29, 0.717) is 15.7 Å². The Morgan fingerprint density at radius 1 is 1.27 bits per heavy atom. The van der Waals surface area contributed by atoms with Crippen molar-refractivity contribution in [3.05, 3.63) is 33.9 Å². The van der Waals surface area contributed by atoms with Gasteiger partial charge in [-0.2, -0.15) is 0 Å². The summed E-state index contributed by atoms with van der Waals surface area (Å²) in [6, 6.07) is 5.26. The quantitative estimate of drug-likeness (QED) is 0.699. The van der Waals surface area contributed by atoms with Gasteiger partial charge in [0.25, 0.3) is 0 Å². The molecule has 0 bridgehead atoms. The number of carbonyl (C=O) groups is 1. The number of Topliss-reactive ketones (excluding diaryl/α,β-unsaturated/α-hetero) is 1. The summed E-state index contributed by atoms with van der Waals surface area (Å²) in [6.07, 6.45) is 0. The summed E-state index contributed by atoms with van der Waals surface area (Å²) in [6.45, 7) is 1.53. The van der Waals surface area contributed by atoms with Crippen LogP contribution in [0.4, 0.5) is 0 Å². The Bertz CT molecular complexity index is 557. The third-order valence-corrected chi connectivity index (χ3v) is 2.97. The number of halogens is 2. The highest BCUT2D eigenvalue weighted by molar-refractivity contribution is 6.38. The summed E-state index contributed by atoms with van der Waals surface area (Å²) in [5, 5.41) is 2.00. The van der Waals surface area contributed by atoms with Crippen molar-refractivity contribution in [2.24, 2.45) is 7.05 Å². The van der Waals surface area contributed by atoms with Crippen molar-refractivity contribution >= 4 is 39.9 Å². The molecule has 1 aromatic heterocycles. The zero-order valence-electron chi connectivity index (χ0n) is 8.34. The molecule has 0 saturated heterocycles. The lowest BCUT2D eigenvalue weighted by atomic mass is 10.2. The lowest BCUT2D eigenvalue weighted by molar-refractivity contribution is 0.101. The molecule has 0 N–H and O–H groups in total. The molecule has 1 heterocycles. The van der Waals surface area contributed by atoms with E-state index in [-0.39, 0.29) is 5.78 Å². The van der Waals surface area contributed by atoms with E-state index in [2.05, 4.69) is 0 Å². The van der Waals surface area contributed by atoms with Crippen LogP contribution in [0.25, 0.3) is 10.9 Å². The predicted octanol–water partition coefficient (Wildman–Crippen LogP) is 3.69. The zero-order chi connectivity index (χ0) is 11.2. The van der Waals surface area contributed by atoms with Gasteiger partial charge in [0.15, 0.2) is 5.78 Å². The number of hydrogen-bond donors (Lipinski definition) is 0. The average molecular weight is 242 g/mol. The number of rotatable bonds is 1. The van der Waals surface area contributed by atoms with Gasteiger partial charge in [-0.15, -0.1) is 0 Å². The Morgan fingerprint density at radius 3 is 2.53 bits per heavy atom. The minimum absolute atomic E-state index is 0.0147. The van der Waals surface area contributed by atoms with Crippen LogP contribution in [0.3, 0.4) is 0 Å². The molecule has 15 heavy (non-hydrogen) atoms. The first kappa shape index (κ1) is 10.5. The van der Waals surface area contributed by atoms with Crippen molar-refractivity contribution in [1.29, 1.82) is 0 Å². The molecule has 2 nitrogen and oxygen atoms in total. The SMILES string of the molecule is CC(=O)c1cc2c(Cl)cc(Cl)cc2n1C. The normalized spacial score (nSPS) is 10.9. The van der Waals surface area contributed by atoms with Crippen LogP contribution >= 0.6 is 23.2 Å². The highest BCUT2D eigenvalue weighted by Crippen LogP contribution is 2.30. The maximum Gasteiger partial charge on any atom is 0.176 e. The van der Waals surface area contributed by atoms with Crippen LogP contribution in [0.15, 0.2) is 18.2 Å². The molecular formula is C11H9Cl2NO. The number of carbonyl (C=O) groups excluding carboxylic acids is 1. The summed E-state index contributed by atoms with van der Waals surface area (Å²) in [4.78, 5) is 11.3. The number of ketones is 1. The van der Waals surface area contributed by atoms with Crippen molar-refractivity contribution < 1.29 is 4.79 Å². The molecule has 0 atom stereocenters. The van der Waals surface area contributed by atoms with E-state index in [1.165, 1.54) is 6.92 Å². The third kappa shape index (κ3) is 1.64. The first-order chi connectivity index (χ1) is 7.00. The molecule has 4 heteroatoms.